The number of aromatic carboxylic acids is 1. The Kier molecular flexibility index (Phi) is 4.85. The van der Waals surface area contributed by atoms with Crippen LogP contribution in [0.1, 0.15) is 16.1 Å². The maximum atomic E-state index is 12.1. The van der Waals surface area contributed by atoms with Crippen molar-refractivity contribution < 1.29 is 19.1 Å². The van der Waals surface area contributed by atoms with Crippen molar-refractivity contribution in [3.8, 4) is 0 Å². The summed E-state index contributed by atoms with van der Waals surface area (Å²) in [4.78, 5) is 29.5. The number of allylic oxidation sites excluding steroid dienone is 2. The number of carboxylic acids is 1. The molecular formula is C18H14N2O4S. The molecule has 0 saturated carbocycles. The number of carbonyl (C=O) groups excluding carboxylic acids is 1. The average molecular weight is 354 g/mol. The Bertz CT molecular complexity index is 898. The molecule has 3 rings (SSSR count). The highest BCUT2D eigenvalue weighted by molar-refractivity contribution is 8.18. The van der Waals surface area contributed by atoms with Crippen molar-refractivity contribution in [2.45, 2.75) is 0 Å². The zero-order chi connectivity index (χ0) is 17.8. The van der Waals surface area contributed by atoms with Crippen LogP contribution in [0.15, 0.2) is 69.1 Å². The molecule has 0 unspecified atom stereocenters. The highest BCUT2D eigenvalue weighted by Crippen LogP contribution is 2.31. The molecule has 2 heterocycles. The van der Waals surface area contributed by atoms with Gasteiger partial charge in [-0.2, -0.15) is 4.99 Å². The second-order valence-corrected chi connectivity index (χ2v) is 6.10. The molecule has 1 aromatic heterocycles. The third kappa shape index (κ3) is 3.72. The van der Waals surface area contributed by atoms with Crippen molar-refractivity contribution >= 4 is 40.6 Å². The van der Waals surface area contributed by atoms with Crippen molar-refractivity contribution in [3.63, 3.8) is 0 Å². The smallest absolute Gasteiger partial charge is 0.337 e. The minimum Gasteiger partial charge on any atom is -0.478 e. The Morgan fingerprint density at radius 1 is 1.28 bits per heavy atom. The van der Waals surface area contributed by atoms with Gasteiger partial charge >= 0.3 is 5.97 Å². The van der Waals surface area contributed by atoms with Crippen LogP contribution in [0.5, 0.6) is 0 Å². The van der Waals surface area contributed by atoms with Crippen LogP contribution in [0.2, 0.25) is 0 Å². The zero-order valence-electron chi connectivity index (χ0n) is 13.2. The molecule has 0 spiro atoms. The number of furan rings is 1. The van der Waals surface area contributed by atoms with Crippen LogP contribution in [0, 0.1) is 0 Å². The summed E-state index contributed by atoms with van der Waals surface area (Å²) in [5.74, 6) is -0.709. The molecule has 2 aromatic rings. The Morgan fingerprint density at radius 2 is 2.08 bits per heavy atom. The molecule has 0 saturated heterocycles. The Labute approximate surface area is 148 Å². The average Bonchev–Trinajstić information content (AvgIpc) is 3.24. The summed E-state index contributed by atoms with van der Waals surface area (Å²) < 4.78 is 5.18. The van der Waals surface area contributed by atoms with Crippen molar-refractivity contribution in [1.82, 2.24) is 0 Å². The summed E-state index contributed by atoms with van der Waals surface area (Å²) >= 11 is 1.19. The summed E-state index contributed by atoms with van der Waals surface area (Å²) in [7, 11) is 1.68. The lowest BCUT2D eigenvalue weighted by Crippen LogP contribution is -2.24. The molecule has 0 bridgehead atoms. The molecule has 7 heteroatoms. The fourth-order valence-corrected chi connectivity index (χ4v) is 3.06. The number of amides is 1. The van der Waals surface area contributed by atoms with Crippen molar-refractivity contribution in [2.24, 2.45) is 4.99 Å². The maximum Gasteiger partial charge on any atom is 0.337 e. The van der Waals surface area contributed by atoms with E-state index in [0.717, 1.165) is 0 Å². The topological polar surface area (TPSA) is 83.1 Å². The molecule has 1 aromatic carbocycles. The lowest BCUT2D eigenvalue weighted by Gasteiger charge is -2.19. The number of aliphatic imine (C=N–C) groups is 1. The molecule has 0 radical (unpaired) electrons. The van der Waals surface area contributed by atoms with Gasteiger partial charge in [-0.15, -0.1) is 0 Å². The summed E-state index contributed by atoms with van der Waals surface area (Å²) in [6, 6.07) is 10.2. The first-order valence-electron chi connectivity index (χ1n) is 7.35. The molecule has 1 aliphatic heterocycles. The quantitative estimate of drug-likeness (QED) is 0.844. The van der Waals surface area contributed by atoms with Gasteiger partial charge in [0.25, 0.3) is 5.91 Å². The van der Waals surface area contributed by atoms with Gasteiger partial charge in [0.15, 0.2) is 5.17 Å². The largest absolute Gasteiger partial charge is 0.478 e. The van der Waals surface area contributed by atoms with E-state index < -0.39 is 5.97 Å². The van der Waals surface area contributed by atoms with Gasteiger partial charge in [0.2, 0.25) is 0 Å². The van der Waals surface area contributed by atoms with Crippen LogP contribution in [0.3, 0.4) is 0 Å². The van der Waals surface area contributed by atoms with Crippen LogP contribution >= 0.6 is 11.8 Å². The van der Waals surface area contributed by atoms with Gasteiger partial charge in [-0.1, -0.05) is 18.2 Å². The number of hydrogen-bond donors (Lipinski definition) is 1. The molecule has 6 nitrogen and oxygen atoms in total. The van der Waals surface area contributed by atoms with Gasteiger partial charge in [-0.25, -0.2) is 4.79 Å². The highest BCUT2D eigenvalue weighted by Gasteiger charge is 2.26. The van der Waals surface area contributed by atoms with Crippen molar-refractivity contribution in [2.75, 3.05) is 11.9 Å². The molecule has 126 valence electrons. The van der Waals surface area contributed by atoms with Gasteiger partial charge in [0.05, 0.1) is 22.4 Å². The second kappa shape index (κ2) is 7.23. The van der Waals surface area contributed by atoms with E-state index in [1.54, 1.807) is 66.8 Å². The van der Waals surface area contributed by atoms with Crippen LogP contribution in [-0.4, -0.2) is 29.2 Å². The number of amidine groups is 1. The lowest BCUT2D eigenvalue weighted by molar-refractivity contribution is -0.113. The first-order valence-corrected chi connectivity index (χ1v) is 8.16. The third-order valence-corrected chi connectivity index (χ3v) is 4.52. The predicted octanol–water partition coefficient (Wildman–Crippen LogP) is 3.64. The highest BCUT2D eigenvalue weighted by atomic mass is 32.2. The molecule has 1 amide bonds. The number of nitrogens with zero attached hydrogens (tertiary/aromatic N) is 2. The number of anilines is 1. The van der Waals surface area contributed by atoms with Crippen molar-refractivity contribution in [1.29, 1.82) is 0 Å². The fraction of sp³-hybridized carbons (Fsp3) is 0.0556. The van der Waals surface area contributed by atoms with E-state index in [0.29, 0.717) is 21.5 Å². The fourth-order valence-electron chi connectivity index (χ4n) is 2.22. The summed E-state index contributed by atoms with van der Waals surface area (Å²) in [5.41, 5.74) is 0.623. The number of rotatable bonds is 4. The molecule has 0 atom stereocenters. The standard InChI is InChI=1S/C18H14N2O4S/c1-20(14-9-3-2-8-13(14)17(22)23)18-19-16(21)15(25-18)10-4-6-12-7-5-11-24-12/h2-11H,1H3,(H,22,23)/b6-4+,15-10-. The van der Waals surface area contributed by atoms with E-state index in [2.05, 4.69) is 4.99 Å². The van der Waals surface area contributed by atoms with E-state index in [1.165, 1.54) is 17.8 Å². The van der Waals surface area contributed by atoms with Crippen LogP contribution in [0.25, 0.3) is 6.08 Å². The Morgan fingerprint density at radius 3 is 2.80 bits per heavy atom. The van der Waals surface area contributed by atoms with E-state index in [4.69, 9.17) is 4.42 Å². The lowest BCUT2D eigenvalue weighted by atomic mass is 10.1. The number of para-hydroxylation sites is 1. The van der Waals surface area contributed by atoms with Crippen LogP contribution in [-0.2, 0) is 4.79 Å². The van der Waals surface area contributed by atoms with E-state index in [1.807, 2.05) is 0 Å². The van der Waals surface area contributed by atoms with Crippen LogP contribution in [0.4, 0.5) is 5.69 Å². The van der Waals surface area contributed by atoms with E-state index in [9.17, 15) is 14.7 Å². The summed E-state index contributed by atoms with van der Waals surface area (Å²) in [6.07, 6.45) is 6.67. The minimum absolute atomic E-state index is 0.149. The summed E-state index contributed by atoms with van der Waals surface area (Å²) in [6.45, 7) is 0. The monoisotopic (exact) mass is 354 g/mol. The molecule has 0 aliphatic carbocycles. The van der Waals surface area contributed by atoms with Crippen LogP contribution < -0.4 is 4.90 Å². The number of carboxylic acid groups (broad SMARTS) is 1. The summed E-state index contributed by atoms with van der Waals surface area (Å²) in [5, 5.41) is 9.73. The van der Waals surface area contributed by atoms with E-state index >= 15 is 0 Å². The van der Waals surface area contributed by atoms with Gasteiger partial charge in [-0.05, 0) is 48.2 Å². The van der Waals surface area contributed by atoms with Gasteiger partial charge in [-0.3, -0.25) is 4.79 Å². The molecule has 25 heavy (non-hydrogen) atoms. The molecule has 1 aliphatic rings. The first kappa shape index (κ1) is 16.8. The zero-order valence-corrected chi connectivity index (χ0v) is 14.1. The Balaban J connectivity index is 1.78. The van der Waals surface area contributed by atoms with Gasteiger partial charge < -0.3 is 14.4 Å². The third-order valence-electron chi connectivity index (χ3n) is 3.44. The number of carbonyl (C=O) groups is 2. The minimum atomic E-state index is -1.03. The Hall–Kier alpha value is -3.06. The van der Waals surface area contributed by atoms with Gasteiger partial charge in [0.1, 0.15) is 5.76 Å². The predicted molar refractivity (Wildman–Crippen MR) is 97.7 cm³/mol. The normalized spacial score (nSPS) is 15.8. The number of thioether (sulfide) groups is 1. The van der Waals surface area contributed by atoms with E-state index in [-0.39, 0.29) is 11.5 Å². The van der Waals surface area contributed by atoms with Gasteiger partial charge in [0, 0.05) is 7.05 Å². The first-order chi connectivity index (χ1) is 12.1. The maximum absolute atomic E-state index is 12.1. The molecule has 0 fully saturated rings. The number of hydrogen-bond acceptors (Lipinski definition) is 5. The second-order valence-electron chi connectivity index (χ2n) is 5.09. The van der Waals surface area contributed by atoms with Crippen molar-refractivity contribution in [3.05, 3.63) is 71.0 Å². The molecular weight excluding hydrogens is 340 g/mol. The SMILES string of the molecule is CN(C1=NC(=O)/C(=C/C=C/c2ccco2)S1)c1ccccc1C(=O)O. The molecule has 1 N–H and O–H groups in total. The number of benzene rings is 1.